The summed E-state index contributed by atoms with van der Waals surface area (Å²) in [6.45, 7) is 3.90. The highest BCUT2D eigenvalue weighted by molar-refractivity contribution is 6.04. The standard InChI is InChI=1S/C30H33N9O2/c1-19-11-13-32-24(16-19)35-30(41)21-7-5-20(6-8-21)27-26-28(31)33-18-34-29(26)39(36-27)23-12-15-38(17-23)25(40)4-3-14-37(2)22-9-10-22/h3-8,11,13,16,18,22-23H,9-10,12,14-15,17H2,1-2H3,(H2,31,33,34)(H,32,35,41). The van der Waals surface area contributed by atoms with Crippen molar-refractivity contribution in [3.8, 4) is 11.3 Å². The number of likely N-dealkylation sites (N-methyl/N-ethyl adjacent to an activating group) is 1. The molecule has 1 aliphatic heterocycles. The highest BCUT2D eigenvalue weighted by atomic mass is 16.2. The van der Waals surface area contributed by atoms with E-state index in [2.05, 4.69) is 32.2 Å². The molecule has 41 heavy (non-hydrogen) atoms. The Kier molecular flexibility index (Phi) is 7.19. The van der Waals surface area contributed by atoms with Crippen LogP contribution in [0.1, 0.15) is 41.2 Å². The van der Waals surface area contributed by atoms with Crippen LogP contribution in [0.25, 0.3) is 22.3 Å². The number of pyridine rings is 1. The average Bonchev–Trinajstić information content (AvgIpc) is 3.57. The van der Waals surface area contributed by atoms with Gasteiger partial charge >= 0.3 is 0 Å². The van der Waals surface area contributed by atoms with Crippen molar-refractivity contribution in [1.82, 2.24) is 34.5 Å². The van der Waals surface area contributed by atoms with E-state index in [-0.39, 0.29) is 17.9 Å². The second-order valence-electron chi connectivity index (χ2n) is 10.8. The van der Waals surface area contributed by atoms with Gasteiger partial charge in [-0.2, -0.15) is 5.10 Å². The number of rotatable bonds is 8. The lowest BCUT2D eigenvalue weighted by atomic mass is 10.1. The lowest BCUT2D eigenvalue weighted by Crippen LogP contribution is -2.28. The molecule has 1 atom stereocenters. The van der Waals surface area contributed by atoms with Gasteiger partial charge in [0.05, 0.1) is 11.4 Å². The van der Waals surface area contributed by atoms with Crippen LogP contribution < -0.4 is 11.1 Å². The summed E-state index contributed by atoms with van der Waals surface area (Å²) in [6.07, 6.45) is 9.96. The number of aryl methyl sites for hydroxylation is 1. The number of aromatic nitrogens is 5. The maximum atomic E-state index is 12.9. The number of amides is 2. The third kappa shape index (κ3) is 5.66. The summed E-state index contributed by atoms with van der Waals surface area (Å²) in [6, 6.07) is 11.5. The lowest BCUT2D eigenvalue weighted by molar-refractivity contribution is -0.125. The van der Waals surface area contributed by atoms with E-state index in [4.69, 9.17) is 10.8 Å². The summed E-state index contributed by atoms with van der Waals surface area (Å²) in [5.41, 5.74) is 9.86. The SMILES string of the molecule is Cc1ccnc(NC(=O)c2ccc(-c3nn(C4CCN(C(=O)C=CCN(C)C5CC5)C4)c4ncnc(N)c34)cc2)c1. The molecule has 2 amide bonds. The predicted octanol–water partition coefficient (Wildman–Crippen LogP) is 3.46. The Morgan fingerprint density at radius 2 is 1.93 bits per heavy atom. The highest BCUT2D eigenvalue weighted by Gasteiger charge is 2.30. The first-order chi connectivity index (χ1) is 19.9. The normalized spacial score (nSPS) is 17.1. The minimum absolute atomic E-state index is 0.0113. The number of carbonyl (C=O) groups excluding carboxylic acids is 2. The van der Waals surface area contributed by atoms with Gasteiger partial charge in [-0.05, 0) is 63.1 Å². The molecule has 0 bridgehead atoms. The van der Waals surface area contributed by atoms with Crippen LogP contribution >= 0.6 is 0 Å². The van der Waals surface area contributed by atoms with Crippen LogP contribution in [0.15, 0.2) is 61.1 Å². The largest absolute Gasteiger partial charge is 0.383 e. The van der Waals surface area contributed by atoms with Crippen LogP contribution in [0.2, 0.25) is 0 Å². The van der Waals surface area contributed by atoms with Gasteiger partial charge in [-0.25, -0.2) is 19.6 Å². The van der Waals surface area contributed by atoms with Crippen LogP contribution in [-0.2, 0) is 4.79 Å². The van der Waals surface area contributed by atoms with Crippen LogP contribution in [0.4, 0.5) is 11.6 Å². The zero-order valence-corrected chi connectivity index (χ0v) is 23.2. The van der Waals surface area contributed by atoms with Crippen LogP contribution in [0, 0.1) is 6.92 Å². The maximum Gasteiger partial charge on any atom is 0.256 e. The number of hydrogen-bond acceptors (Lipinski definition) is 8. The Morgan fingerprint density at radius 3 is 2.68 bits per heavy atom. The van der Waals surface area contributed by atoms with Crippen molar-refractivity contribution in [1.29, 1.82) is 0 Å². The summed E-state index contributed by atoms with van der Waals surface area (Å²) in [5.74, 6) is 0.588. The van der Waals surface area contributed by atoms with Crippen molar-refractivity contribution in [2.45, 2.75) is 38.3 Å². The van der Waals surface area contributed by atoms with Gasteiger partial charge in [-0.1, -0.05) is 18.2 Å². The summed E-state index contributed by atoms with van der Waals surface area (Å²) < 4.78 is 1.87. The van der Waals surface area contributed by atoms with Gasteiger partial charge in [-0.3, -0.25) is 14.5 Å². The van der Waals surface area contributed by atoms with Gasteiger partial charge < -0.3 is 16.0 Å². The monoisotopic (exact) mass is 551 g/mol. The third-order valence-electron chi connectivity index (χ3n) is 7.74. The number of nitrogens with zero attached hydrogens (tertiary/aromatic N) is 7. The van der Waals surface area contributed by atoms with Gasteiger partial charge in [-0.15, -0.1) is 0 Å². The molecule has 11 nitrogen and oxygen atoms in total. The molecule has 0 radical (unpaired) electrons. The van der Waals surface area contributed by atoms with Crippen molar-refractivity contribution in [2.75, 3.05) is 37.7 Å². The van der Waals surface area contributed by atoms with Crippen LogP contribution in [-0.4, -0.2) is 79.1 Å². The number of benzene rings is 1. The van der Waals surface area contributed by atoms with Gasteiger partial charge in [0, 0.05) is 49.1 Å². The van der Waals surface area contributed by atoms with Crippen molar-refractivity contribution < 1.29 is 9.59 Å². The molecular weight excluding hydrogens is 518 g/mol. The van der Waals surface area contributed by atoms with Gasteiger partial charge in [0.1, 0.15) is 23.7 Å². The summed E-state index contributed by atoms with van der Waals surface area (Å²) in [5, 5.41) is 8.40. The fourth-order valence-corrected chi connectivity index (χ4v) is 5.26. The molecule has 1 saturated carbocycles. The molecule has 1 aliphatic carbocycles. The molecule has 3 N–H and O–H groups in total. The predicted molar refractivity (Wildman–Crippen MR) is 157 cm³/mol. The molecule has 3 aromatic heterocycles. The van der Waals surface area contributed by atoms with Gasteiger partial charge in [0.2, 0.25) is 5.91 Å². The molecule has 2 fully saturated rings. The Hall–Kier alpha value is -4.64. The first kappa shape index (κ1) is 26.6. The Labute approximate surface area is 238 Å². The molecule has 1 unspecified atom stereocenters. The summed E-state index contributed by atoms with van der Waals surface area (Å²) in [4.78, 5) is 42.7. The van der Waals surface area contributed by atoms with Crippen molar-refractivity contribution in [2.24, 2.45) is 0 Å². The van der Waals surface area contributed by atoms with E-state index in [0.717, 1.165) is 24.1 Å². The average molecular weight is 552 g/mol. The fraction of sp³-hybridized carbons (Fsp3) is 0.333. The van der Waals surface area contributed by atoms with Gasteiger partial charge in [0.15, 0.2) is 5.65 Å². The highest BCUT2D eigenvalue weighted by Crippen LogP contribution is 2.34. The minimum atomic E-state index is -0.253. The second-order valence-corrected chi connectivity index (χ2v) is 10.8. The van der Waals surface area contributed by atoms with Crippen LogP contribution in [0.5, 0.6) is 0 Å². The molecular formula is C30H33N9O2. The van der Waals surface area contributed by atoms with E-state index >= 15 is 0 Å². The number of fused-ring (bicyclic) bond motifs is 1. The number of hydrogen-bond donors (Lipinski definition) is 2. The Balaban J connectivity index is 1.20. The number of likely N-dealkylation sites (tertiary alicyclic amines) is 1. The molecule has 210 valence electrons. The molecule has 11 heteroatoms. The second kappa shape index (κ2) is 11.1. The maximum absolute atomic E-state index is 12.9. The Morgan fingerprint density at radius 1 is 1.12 bits per heavy atom. The van der Waals surface area contributed by atoms with E-state index < -0.39 is 0 Å². The van der Waals surface area contributed by atoms with E-state index in [1.807, 2.05) is 46.8 Å². The zero-order valence-electron chi connectivity index (χ0n) is 23.2. The quantitative estimate of drug-likeness (QED) is 0.318. The fourth-order valence-electron chi connectivity index (χ4n) is 5.26. The number of carbonyl (C=O) groups is 2. The van der Waals surface area contributed by atoms with Crippen molar-refractivity contribution in [3.05, 3.63) is 72.2 Å². The van der Waals surface area contributed by atoms with E-state index in [9.17, 15) is 9.59 Å². The molecule has 4 heterocycles. The van der Waals surface area contributed by atoms with Crippen molar-refractivity contribution >= 4 is 34.5 Å². The molecule has 1 aromatic carbocycles. The number of nitrogen functional groups attached to an aromatic ring is 1. The van der Waals surface area contributed by atoms with Gasteiger partial charge in [0.25, 0.3) is 5.91 Å². The molecule has 2 aliphatic rings. The van der Waals surface area contributed by atoms with Crippen LogP contribution in [0.3, 0.4) is 0 Å². The lowest BCUT2D eigenvalue weighted by Gasteiger charge is -2.16. The van der Waals surface area contributed by atoms with E-state index in [0.29, 0.717) is 53.1 Å². The number of anilines is 2. The van der Waals surface area contributed by atoms with Crippen molar-refractivity contribution in [3.63, 3.8) is 0 Å². The number of nitrogens with one attached hydrogen (secondary N) is 1. The summed E-state index contributed by atoms with van der Waals surface area (Å²) >= 11 is 0. The molecule has 0 spiro atoms. The summed E-state index contributed by atoms with van der Waals surface area (Å²) in [7, 11) is 2.09. The molecule has 4 aromatic rings. The molecule has 6 rings (SSSR count). The third-order valence-corrected chi connectivity index (χ3v) is 7.74. The van der Waals surface area contributed by atoms with E-state index in [1.165, 1.54) is 19.2 Å². The zero-order chi connectivity index (χ0) is 28.5. The minimum Gasteiger partial charge on any atom is -0.383 e. The first-order valence-corrected chi connectivity index (χ1v) is 13.9. The smallest absolute Gasteiger partial charge is 0.256 e. The topological polar surface area (TPSA) is 135 Å². The number of nitrogens with two attached hydrogens (primary N) is 1. The Bertz CT molecular complexity index is 1620. The van der Waals surface area contributed by atoms with E-state index in [1.54, 1.807) is 24.4 Å². The first-order valence-electron chi connectivity index (χ1n) is 13.9. The molecule has 1 saturated heterocycles.